The average Bonchev–Trinajstić information content (AvgIpc) is 2.96. The lowest BCUT2D eigenvalue weighted by atomic mass is 9.77. The quantitative estimate of drug-likeness (QED) is 0.689. The molecule has 1 fully saturated rings. The van der Waals surface area contributed by atoms with Gasteiger partial charge in [0.2, 0.25) is 0 Å². The molecule has 1 N–H and O–H groups in total. The zero-order valence-corrected chi connectivity index (χ0v) is 15.1. The van der Waals surface area contributed by atoms with Crippen LogP contribution < -0.4 is 5.32 Å². The maximum Gasteiger partial charge on any atom is 0.262 e. The molecule has 1 saturated carbocycles. The summed E-state index contributed by atoms with van der Waals surface area (Å²) in [6.07, 6.45) is 5.62. The van der Waals surface area contributed by atoms with Crippen LogP contribution in [0.4, 0.5) is 5.69 Å². The highest BCUT2D eigenvalue weighted by Gasteiger charge is 2.41. The van der Waals surface area contributed by atoms with Crippen LogP contribution in [0.1, 0.15) is 48.1 Å². The molecule has 4 rings (SSSR count). The van der Waals surface area contributed by atoms with E-state index in [0.717, 1.165) is 39.4 Å². The molecule has 24 heavy (non-hydrogen) atoms. The van der Waals surface area contributed by atoms with Gasteiger partial charge < -0.3 is 10.1 Å². The zero-order chi connectivity index (χ0) is 16.7. The number of hydrogen-bond acceptors (Lipinski definition) is 4. The molecule has 0 bridgehead atoms. The van der Waals surface area contributed by atoms with E-state index in [4.69, 9.17) is 22.2 Å². The Bertz CT molecular complexity index is 857. The lowest BCUT2D eigenvalue weighted by Crippen LogP contribution is -2.40. The molecule has 1 aromatic heterocycles. The van der Waals surface area contributed by atoms with E-state index in [-0.39, 0.29) is 5.60 Å². The molecule has 5 heteroatoms. The summed E-state index contributed by atoms with van der Waals surface area (Å²) in [5.41, 5.74) is 4.29. The molecule has 122 valence electrons. The van der Waals surface area contributed by atoms with Crippen LogP contribution in [0.25, 0.3) is 10.4 Å². The van der Waals surface area contributed by atoms with Crippen LogP contribution >= 0.6 is 23.6 Å². The van der Waals surface area contributed by atoms with E-state index in [0.29, 0.717) is 5.17 Å². The van der Waals surface area contributed by atoms with Crippen molar-refractivity contribution in [3.05, 3.63) is 40.3 Å². The van der Waals surface area contributed by atoms with Gasteiger partial charge >= 0.3 is 0 Å². The van der Waals surface area contributed by atoms with E-state index < -0.39 is 0 Å². The second kappa shape index (κ2) is 5.87. The Morgan fingerprint density at radius 3 is 2.75 bits per heavy atom. The normalized spacial score (nSPS) is 18.4. The average molecular weight is 355 g/mol. The van der Waals surface area contributed by atoms with Crippen LogP contribution in [0.5, 0.6) is 0 Å². The third kappa shape index (κ3) is 2.51. The molecule has 0 amide bonds. The first-order valence-corrected chi connectivity index (χ1v) is 9.49. The summed E-state index contributed by atoms with van der Waals surface area (Å²) in [6.45, 7) is 2.06. The third-order valence-electron chi connectivity index (χ3n) is 4.99. The monoisotopic (exact) mass is 354 g/mol. The van der Waals surface area contributed by atoms with Gasteiger partial charge in [0.1, 0.15) is 16.5 Å². The highest BCUT2D eigenvalue weighted by Crippen LogP contribution is 2.47. The second-order valence-corrected chi connectivity index (χ2v) is 7.99. The van der Waals surface area contributed by atoms with Gasteiger partial charge in [-0.2, -0.15) is 5.26 Å². The molecule has 0 unspecified atom stereocenters. The molecule has 2 heterocycles. The van der Waals surface area contributed by atoms with E-state index >= 15 is 0 Å². The molecule has 2 aromatic rings. The summed E-state index contributed by atoms with van der Waals surface area (Å²) >= 11 is 6.88. The van der Waals surface area contributed by atoms with Crippen molar-refractivity contribution in [2.75, 3.05) is 5.32 Å². The third-order valence-corrected chi connectivity index (χ3v) is 6.36. The topological polar surface area (TPSA) is 45.0 Å². The first-order chi connectivity index (χ1) is 11.6. The number of thiocarbonyl (C=S) groups is 1. The molecule has 1 aromatic carbocycles. The van der Waals surface area contributed by atoms with Gasteiger partial charge in [0.15, 0.2) is 0 Å². The molecular formula is C19H18N2OS2. The van der Waals surface area contributed by atoms with Crippen LogP contribution in [0.3, 0.4) is 0 Å². The molecule has 0 saturated heterocycles. The lowest BCUT2D eigenvalue weighted by Gasteiger charge is -2.42. The second-order valence-electron chi connectivity index (χ2n) is 6.56. The molecule has 0 atom stereocenters. The summed E-state index contributed by atoms with van der Waals surface area (Å²) in [5.74, 6) is 0. The fraction of sp³-hybridized carbons (Fsp3) is 0.368. The molecule has 1 aliphatic carbocycles. The maximum atomic E-state index is 9.16. The molecule has 3 nitrogen and oxygen atoms in total. The summed E-state index contributed by atoms with van der Waals surface area (Å²) in [4.78, 5) is 1.91. The summed E-state index contributed by atoms with van der Waals surface area (Å²) < 4.78 is 6.16. The standard InChI is InChI=1S/C19H18N2OS2/c1-12-9-14(11-20)24-17(12)13-5-6-16-15(10-13)19(22-18(23)21-16)7-3-2-4-8-19/h5-6,9-10H,2-4,7-8H2,1H3,(H,21,23). The van der Waals surface area contributed by atoms with E-state index in [1.807, 2.05) is 6.07 Å². The van der Waals surface area contributed by atoms with Gasteiger partial charge in [-0.3, -0.25) is 0 Å². The van der Waals surface area contributed by atoms with Crippen LogP contribution in [-0.2, 0) is 10.3 Å². The number of hydrogen-bond donors (Lipinski definition) is 1. The largest absolute Gasteiger partial charge is 0.459 e. The fourth-order valence-corrected chi connectivity index (χ4v) is 5.09. The summed E-state index contributed by atoms with van der Waals surface area (Å²) in [5, 5.41) is 12.8. The van der Waals surface area contributed by atoms with Crippen LogP contribution in [0.15, 0.2) is 24.3 Å². The number of fused-ring (bicyclic) bond motifs is 2. The number of rotatable bonds is 1. The van der Waals surface area contributed by atoms with E-state index in [1.165, 1.54) is 24.8 Å². The number of nitrogens with one attached hydrogen (secondary N) is 1. The van der Waals surface area contributed by atoms with E-state index in [9.17, 15) is 0 Å². The molecule has 1 spiro atoms. The summed E-state index contributed by atoms with van der Waals surface area (Å²) in [7, 11) is 0. The minimum atomic E-state index is -0.283. The van der Waals surface area contributed by atoms with Crippen LogP contribution in [0, 0.1) is 18.3 Å². The van der Waals surface area contributed by atoms with Crippen molar-refractivity contribution in [3.8, 4) is 16.5 Å². The summed E-state index contributed by atoms with van der Waals surface area (Å²) in [6, 6.07) is 10.6. The first-order valence-electron chi connectivity index (χ1n) is 8.27. The number of nitrogens with zero attached hydrogens (tertiary/aromatic N) is 1. The zero-order valence-electron chi connectivity index (χ0n) is 13.5. The van der Waals surface area contributed by atoms with Crippen LogP contribution in [0.2, 0.25) is 0 Å². The van der Waals surface area contributed by atoms with E-state index in [1.54, 1.807) is 11.3 Å². The van der Waals surface area contributed by atoms with Crippen LogP contribution in [-0.4, -0.2) is 5.17 Å². The van der Waals surface area contributed by atoms with Gasteiger partial charge in [0, 0.05) is 16.1 Å². The maximum absolute atomic E-state index is 9.16. The number of anilines is 1. The predicted octanol–water partition coefficient (Wildman–Crippen LogP) is 5.48. The SMILES string of the molecule is Cc1cc(C#N)sc1-c1ccc2c(c1)C1(CCCCC1)OC(=S)N2. The number of benzene rings is 1. The highest BCUT2D eigenvalue weighted by atomic mass is 32.1. The van der Waals surface area contributed by atoms with Gasteiger partial charge in [0.25, 0.3) is 5.17 Å². The molecule has 2 aliphatic rings. The van der Waals surface area contributed by atoms with Gasteiger partial charge in [-0.05, 0) is 74.2 Å². The number of thiophene rings is 1. The minimum absolute atomic E-state index is 0.283. The number of nitriles is 1. The first kappa shape index (κ1) is 15.6. The predicted molar refractivity (Wildman–Crippen MR) is 101 cm³/mol. The van der Waals surface area contributed by atoms with Crippen molar-refractivity contribution in [2.45, 2.75) is 44.6 Å². The van der Waals surface area contributed by atoms with Gasteiger partial charge in [-0.1, -0.05) is 12.5 Å². The van der Waals surface area contributed by atoms with Crippen molar-refractivity contribution in [1.29, 1.82) is 5.26 Å². The molecule has 1 aliphatic heterocycles. The Labute approximate surface area is 151 Å². The van der Waals surface area contributed by atoms with Gasteiger partial charge in [0.05, 0.1) is 0 Å². The smallest absolute Gasteiger partial charge is 0.262 e. The van der Waals surface area contributed by atoms with Gasteiger partial charge in [-0.25, -0.2) is 0 Å². The molecule has 0 radical (unpaired) electrons. The lowest BCUT2D eigenvalue weighted by molar-refractivity contribution is 0.0141. The van der Waals surface area contributed by atoms with Crippen molar-refractivity contribution in [1.82, 2.24) is 0 Å². The van der Waals surface area contributed by atoms with Crippen molar-refractivity contribution in [2.24, 2.45) is 0 Å². The van der Waals surface area contributed by atoms with Crippen molar-refractivity contribution < 1.29 is 4.74 Å². The van der Waals surface area contributed by atoms with Crippen molar-refractivity contribution in [3.63, 3.8) is 0 Å². The Morgan fingerprint density at radius 1 is 1.25 bits per heavy atom. The molecular weight excluding hydrogens is 336 g/mol. The Balaban J connectivity index is 1.84. The van der Waals surface area contributed by atoms with E-state index in [2.05, 4.69) is 36.5 Å². The number of aryl methyl sites for hydroxylation is 1. The highest BCUT2D eigenvalue weighted by molar-refractivity contribution is 7.80. The van der Waals surface area contributed by atoms with Gasteiger partial charge in [-0.15, -0.1) is 11.3 Å². The number of ether oxygens (including phenoxy) is 1. The fourth-order valence-electron chi connectivity index (χ4n) is 3.86. The minimum Gasteiger partial charge on any atom is -0.459 e. The Hall–Kier alpha value is -1.90. The Morgan fingerprint density at radius 2 is 2.04 bits per heavy atom. The van der Waals surface area contributed by atoms with Crippen molar-refractivity contribution >= 4 is 34.4 Å². The Kier molecular flexibility index (Phi) is 3.82.